The van der Waals surface area contributed by atoms with Gasteiger partial charge in [0.2, 0.25) is 0 Å². The topological polar surface area (TPSA) is 60.9 Å². The second-order valence-corrected chi connectivity index (χ2v) is 9.25. The van der Waals surface area contributed by atoms with E-state index >= 15 is 0 Å². The highest BCUT2D eigenvalue weighted by Crippen LogP contribution is 2.23. The Morgan fingerprint density at radius 3 is 2.11 bits per heavy atom. The standard InChI is InChI=1S/C30H33FN2O3/c1-2-25(28(34)17-14-22-12-15-24(16-13-22)23-8-4-3-5-9-23)29(35)30(36)33-20-18-32(19-21-33)27-11-7-6-10-26(27)31/h3-13,15-16,25,29,35H,2,14,17-21H2,1H3. The summed E-state index contributed by atoms with van der Waals surface area (Å²) in [6, 6.07) is 24.8. The van der Waals surface area contributed by atoms with Crippen molar-refractivity contribution >= 4 is 17.4 Å². The van der Waals surface area contributed by atoms with E-state index in [9.17, 15) is 19.1 Å². The molecule has 5 nitrogen and oxygen atoms in total. The van der Waals surface area contributed by atoms with Crippen LogP contribution in [0, 0.1) is 11.7 Å². The molecular formula is C30H33FN2O3. The summed E-state index contributed by atoms with van der Waals surface area (Å²) >= 11 is 0. The second-order valence-electron chi connectivity index (χ2n) is 9.25. The van der Waals surface area contributed by atoms with Crippen molar-refractivity contribution < 1.29 is 19.1 Å². The van der Waals surface area contributed by atoms with Gasteiger partial charge in [0, 0.05) is 32.6 Å². The number of piperazine rings is 1. The van der Waals surface area contributed by atoms with E-state index in [-0.39, 0.29) is 18.0 Å². The lowest BCUT2D eigenvalue weighted by atomic mass is 9.90. The zero-order valence-electron chi connectivity index (χ0n) is 20.6. The molecule has 4 rings (SSSR count). The number of nitrogens with zero attached hydrogens (tertiary/aromatic N) is 2. The number of para-hydroxylation sites is 1. The average molecular weight is 489 g/mol. The highest BCUT2D eigenvalue weighted by Gasteiger charge is 2.34. The van der Waals surface area contributed by atoms with Crippen molar-refractivity contribution in [2.24, 2.45) is 5.92 Å². The van der Waals surface area contributed by atoms with Crippen LogP contribution in [0.3, 0.4) is 0 Å². The number of halogens is 1. The van der Waals surface area contributed by atoms with Crippen LogP contribution in [0.1, 0.15) is 25.3 Å². The number of hydrogen-bond donors (Lipinski definition) is 1. The van der Waals surface area contributed by atoms with Gasteiger partial charge >= 0.3 is 0 Å². The molecule has 3 aromatic carbocycles. The number of carbonyl (C=O) groups excluding carboxylic acids is 2. The van der Waals surface area contributed by atoms with E-state index in [2.05, 4.69) is 12.1 Å². The van der Waals surface area contributed by atoms with Gasteiger partial charge in [0.25, 0.3) is 5.91 Å². The molecule has 1 aliphatic rings. The molecule has 0 aromatic heterocycles. The van der Waals surface area contributed by atoms with E-state index in [4.69, 9.17) is 0 Å². The number of ketones is 1. The normalized spacial score (nSPS) is 15.4. The molecule has 36 heavy (non-hydrogen) atoms. The van der Waals surface area contributed by atoms with Crippen LogP contribution in [0.2, 0.25) is 0 Å². The summed E-state index contributed by atoms with van der Waals surface area (Å²) in [6.07, 6.45) is -0.127. The molecule has 2 unspecified atom stereocenters. The summed E-state index contributed by atoms with van der Waals surface area (Å²) in [5.41, 5.74) is 3.82. The third kappa shape index (κ3) is 6.00. The molecule has 0 spiro atoms. The molecule has 0 aliphatic carbocycles. The molecule has 1 N–H and O–H groups in total. The van der Waals surface area contributed by atoms with Gasteiger partial charge in [0.05, 0.1) is 11.6 Å². The minimum atomic E-state index is -1.36. The number of hydrogen-bond acceptors (Lipinski definition) is 4. The van der Waals surface area contributed by atoms with Gasteiger partial charge in [-0.2, -0.15) is 0 Å². The van der Waals surface area contributed by atoms with E-state index in [0.717, 1.165) is 16.7 Å². The van der Waals surface area contributed by atoms with Crippen LogP contribution in [0.15, 0.2) is 78.9 Å². The number of carbonyl (C=O) groups is 2. The first-order chi connectivity index (χ1) is 17.5. The summed E-state index contributed by atoms with van der Waals surface area (Å²) in [5, 5.41) is 10.8. The monoisotopic (exact) mass is 488 g/mol. The van der Waals surface area contributed by atoms with Crippen molar-refractivity contribution in [2.75, 3.05) is 31.1 Å². The molecular weight excluding hydrogens is 455 g/mol. The van der Waals surface area contributed by atoms with Crippen molar-refractivity contribution in [2.45, 2.75) is 32.3 Å². The Morgan fingerprint density at radius 2 is 1.47 bits per heavy atom. The fraction of sp³-hybridized carbons (Fsp3) is 0.333. The van der Waals surface area contributed by atoms with Gasteiger partial charge in [-0.1, -0.05) is 73.7 Å². The van der Waals surface area contributed by atoms with E-state index in [0.29, 0.717) is 44.7 Å². The van der Waals surface area contributed by atoms with Crippen LogP contribution >= 0.6 is 0 Å². The minimum absolute atomic E-state index is 0.101. The lowest BCUT2D eigenvalue weighted by Gasteiger charge is -2.37. The van der Waals surface area contributed by atoms with Gasteiger partial charge in [-0.3, -0.25) is 9.59 Å². The number of aliphatic hydroxyl groups excluding tert-OH is 1. The first kappa shape index (κ1) is 25.6. The highest BCUT2D eigenvalue weighted by atomic mass is 19.1. The molecule has 1 amide bonds. The number of Topliss-reactive ketones (excluding diaryl/α,β-unsaturated/α-hetero) is 1. The number of aryl methyl sites for hydroxylation is 1. The zero-order valence-corrected chi connectivity index (χ0v) is 20.6. The van der Waals surface area contributed by atoms with Gasteiger partial charge < -0.3 is 14.9 Å². The van der Waals surface area contributed by atoms with E-state index in [1.54, 1.807) is 23.1 Å². The first-order valence-corrected chi connectivity index (χ1v) is 12.6. The van der Waals surface area contributed by atoms with Crippen LogP contribution in [0.4, 0.5) is 10.1 Å². The third-order valence-corrected chi connectivity index (χ3v) is 6.99. The molecule has 1 aliphatic heterocycles. The van der Waals surface area contributed by atoms with Gasteiger partial charge in [-0.15, -0.1) is 0 Å². The number of aliphatic hydroxyl groups is 1. The molecule has 2 atom stereocenters. The zero-order chi connectivity index (χ0) is 25.5. The van der Waals surface area contributed by atoms with Gasteiger partial charge in [0.15, 0.2) is 0 Å². The van der Waals surface area contributed by atoms with Crippen LogP contribution in [0.25, 0.3) is 11.1 Å². The molecule has 1 fully saturated rings. The highest BCUT2D eigenvalue weighted by molar-refractivity contribution is 5.90. The molecule has 0 radical (unpaired) electrons. The maximum atomic E-state index is 14.1. The van der Waals surface area contributed by atoms with E-state index < -0.39 is 17.9 Å². The van der Waals surface area contributed by atoms with Crippen molar-refractivity contribution in [3.8, 4) is 11.1 Å². The number of rotatable bonds is 9. The summed E-state index contributed by atoms with van der Waals surface area (Å²) in [5.74, 6) is -1.54. The Bertz CT molecular complexity index is 1160. The predicted octanol–water partition coefficient (Wildman–Crippen LogP) is 4.73. The average Bonchev–Trinajstić information content (AvgIpc) is 2.93. The number of benzene rings is 3. The number of anilines is 1. The molecule has 1 saturated heterocycles. The fourth-order valence-electron chi connectivity index (χ4n) is 4.81. The predicted molar refractivity (Wildman–Crippen MR) is 140 cm³/mol. The Morgan fingerprint density at radius 1 is 0.861 bits per heavy atom. The van der Waals surface area contributed by atoms with Crippen LogP contribution in [0.5, 0.6) is 0 Å². The van der Waals surface area contributed by atoms with Crippen molar-refractivity contribution in [3.63, 3.8) is 0 Å². The number of amides is 1. The van der Waals surface area contributed by atoms with Crippen LogP contribution in [-0.4, -0.2) is 54.0 Å². The Hall–Kier alpha value is -3.51. The Kier molecular flexibility index (Phi) is 8.49. The van der Waals surface area contributed by atoms with Gasteiger partial charge in [-0.25, -0.2) is 4.39 Å². The van der Waals surface area contributed by atoms with Crippen LogP contribution in [-0.2, 0) is 16.0 Å². The molecule has 0 bridgehead atoms. The van der Waals surface area contributed by atoms with Gasteiger partial charge in [-0.05, 0) is 41.7 Å². The largest absolute Gasteiger partial charge is 0.382 e. The van der Waals surface area contributed by atoms with Crippen molar-refractivity contribution in [1.82, 2.24) is 4.90 Å². The third-order valence-electron chi connectivity index (χ3n) is 6.99. The molecule has 1 heterocycles. The van der Waals surface area contributed by atoms with E-state index in [1.807, 2.05) is 54.3 Å². The van der Waals surface area contributed by atoms with Crippen LogP contribution < -0.4 is 4.90 Å². The van der Waals surface area contributed by atoms with Crippen molar-refractivity contribution in [3.05, 3.63) is 90.2 Å². The van der Waals surface area contributed by atoms with Crippen molar-refractivity contribution in [1.29, 1.82) is 0 Å². The maximum Gasteiger partial charge on any atom is 0.252 e. The summed E-state index contributed by atoms with van der Waals surface area (Å²) in [4.78, 5) is 29.4. The SMILES string of the molecule is CCC(C(=O)CCc1ccc(-c2ccccc2)cc1)C(O)C(=O)N1CCN(c2ccccc2F)CC1. The quantitative estimate of drug-likeness (QED) is 0.473. The Labute approximate surface area is 212 Å². The first-order valence-electron chi connectivity index (χ1n) is 12.6. The maximum absolute atomic E-state index is 14.1. The second kappa shape index (κ2) is 12.0. The summed E-state index contributed by atoms with van der Waals surface area (Å²) in [7, 11) is 0. The van der Waals surface area contributed by atoms with Gasteiger partial charge in [0.1, 0.15) is 17.7 Å². The molecule has 3 aromatic rings. The molecule has 0 saturated carbocycles. The Balaban J connectivity index is 1.29. The molecule has 6 heteroatoms. The lowest BCUT2D eigenvalue weighted by Crippen LogP contribution is -2.53. The molecule has 188 valence electrons. The van der Waals surface area contributed by atoms with E-state index in [1.165, 1.54) is 6.07 Å². The summed E-state index contributed by atoms with van der Waals surface area (Å²) in [6.45, 7) is 3.53. The fourth-order valence-corrected chi connectivity index (χ4v) is 4.81. The summed E-state index contributed by atoms with van der Waals surface area (Å²) < 4.78 is 14.1. The minimum Gasteiger partial charge on any atom is -0.382 e. The smallest absolute Gasteiger partial charge is 0.252 e. The lowest BCUT2D eigenvalue weighted by molar-refractivity contribution is -0.147.